The Bertz CT molecular complexity index is 699. The predicted molar refractivity (Wildman–Crippen MR) is 109 cm³/mol. The number of methoxy groups -OCH3 is 1. The Hall–Kier alpha value is -1.27. The molecule has 0 bridgehead atoms. The molecule has 1 atom stereocenters. The summed E-state index contributed by atoms with van der Waals surface area (Å²) in [7, 11) is 5.73. The second-order valence-electron chi connectivity index (χ2n) is 6.57. The highest BCUT2D eigenvalue weighted by Crippen LogP contribution is 2.27. The Morgan fingerprint density at radius 2 is 1.92 bits per heavy atom. The number of likely N-dealkylation sites (N-methyl/N-ethyl adjacent to an activating group) is 1. The number of benzene rings is 1. The van der Waals surface area contributed by atoms with Gasteiger partial charge in [0, 0.05) is 18.1 Å². The van der Waals surface area contributed by atoms with Crippen LogP contribution in [0.25, 0.3) is 10.9 Å². The van der Waals surface area contributed by atoms with E-state index in [2.05, 4.69) is 4.90 Å². The molecule has 2 N–H and O–H groups in total. The number of halogens is 2. The summed E-state index contributed by atoms with van der Waals surface area (Å²) in [5.41, 5.74) is 8.09. The first kappa shape index (κ1) is 23.7. The van der Waals surface area contributed by atoms with Crippen LogP contribution < -0.4 is 10.5 Å². The van der Waals surface area contributed by atoms with Crippen LogP contribution in [-0.2, 0) is 6.42 Å². The molecule has 0 spiro atoms. The average Bonchev–Trinajstić information content (AvgIpc) is 2.89. The van der Waals surface area contributed by atoms with Gasteiger partial charge < -0.3 is 15.4 Å². The van der Waals surface area contributed by atoms with E-state index in [1.807, 2.05) is 52.3 Å². The molecule has 0 radical (unpaired) electrons. The second kappa shape index (κ2) is 10.0. The van der Waals surface area contributed by atoms with Gasteiger partial charge in [-0.05, 0) is 50.2 Å². The van der Waals surface area contributed by atoms with E-state index < -0.39 is 6.04 Å². The number of carbonyl (C=O) groups is 1. The van der Waals surface area contributed by atoms with Gasteiger partial charge in [-0.15, -0.1) is 24.8 Å². The van der Waals surface area contributed by atoms with Crippen molar-refractivity contribution in [3.8, 4) is 5.75 Å². The predicted octanol–water partition coefficient (Wildman–Crippen LogP) is 3.22. The molecule has 0 fully saturated rings. The van der Waals surface area contributed by atoms with E-state index in [9.17, 15) is 4.79 Å². The van der Waals surface area contributed by atoms with E-state index in [4.69, 9.17) is 10.5 Å². The third-order valence-corrected chi connectivity index (χ3v) is 4.16. The number of ether oxygens (including phenoxy) is 1. The van der Waals surface area contributed by atoms with Crippen LogP contribution in [0, 0.1) is 5.92 Å². The molecule has 1 aromatic carbocycles. The first-order valence-corrected chi connectivity index (χ1v) is 7.97. The molecular formula is C18H29Cl2N3O2. The molecule has 0 aliphatic heterocycles. The normalized spacial score (nSPS) is 12.0. The lowest BCUT2D eigenvalue weighted by Gasteiger charge is -2.15. The summed E-state index contributed by atoms with van der Waals surface area (Å²) < 4.78 is 7.03. The number of hydrogen-bond donors (Lipinski definition) is 1. The van der Waals surface area contributed by atoms with Gasteiger partial charge in [0.2, 0.25) is 5.91 Å². The van der Waals surface area contributed by atoms with Crippen molar-refractivity contribution in [3.63, 3.8) is 0 Å². The Labute approximate surface area is 162 Å². The number of hydrogen-bond acceptors (Lipinski definition) is 4. The van der Waals surface area contributed by atoms with E-state index in [0.29, 0.717) is 0 Å². The van der Waals surface area contributed by atoms with Crippen LogP contribution >= 0.6 is 24.8 Å². The number of nitrogens with two attached hydrogens (primary N) is 1. The molecular weight excluding hydrogens is 361 g/mol. The van der Waals surface area contributed by atoms with Crippen molar-refractivity contribution in [2.24, 2.45) is 11.7 Å². The minimum atomic E-state index is -0.505. The minimum Gasteiger partial charge on any atom is -0.497 e. The summed E-state index contributed by atoms with van der Waals surface area (Å²) in [6, 6.07) is 5.29. The standard InChI is InChI=1S/C18H27N3O2.2ClH/c1-12(2)17(19)18(22)21-11-13(8-9-20(3)4)15-10-14(23-5)6-7-16(15)21;;/h6-7,10-12,17H,8-9,19H2,1-5H3;2*1H/t17-;;/m0../s1. The van der Waals surface area contributed by atoms with E-state index in [1.54, 1.807) is 11.7 Å². The number of nitrogens with zero attached hydrogens (tertiary/aromatic N) is 2. The quantitative estimate of drug-likeness (QED) is 0.823. The fraction of sp³-hybridized carbons (Fsp3) is 0.500. The Kier molecular flexibility index (Phi) is 9.51. The maximum atomic E-state index is 12.7. The van der Waals surface area contributed by atoms with Crippen LogP contribution in [0.3, 0.4) is 0 Å². The average molecular weight is 390 g/mol. The fourth-order valence-corrected chi connectivity index (χ4v) is 2.58. The van der Waals surface area contributed by atoms with Gasteiger partial charge in [-0.25, -0.2) is 0 Å². The molecule has 1 heterocycles. The molecule has 2 rings (SSSR count). The van der Waals surface area contributed by atoms with Crippen LogP contribution in [0.2, 0.25) is 0 Å². The molecule has 0 unspecified atom stereocenters. The van der Waals surface area contributed by atoms with Gasteiger partial charge in [-0.3, -0.25) is 9.36 Å². The molecule has 25 heavy (non-hydrogen) atoms. The first-order chi connectivity index (χ1) is 10.8. The molecule has 5 nitrogen and oxygen atoms in total. The van der Waals surface area contributed by atoms with Crippen molar-refractivity contribution in [2.45, 2.75) is 26.3 Å². The van der Waals surface area contributed by atoms with Crippen LogP contribution in [-0.4, -0.2) is 49.2 Å². The first-order valence-electron chi connectivity index (χ1n) is 7.97. The zero-order valence-electron chi connectivity index (χ0n) is 15.5. The molecule has 0 aliphatic rings. The second-order valence-corrected chi connectivity index (χ2v) is 6.57. The van der Waals surface area contributed by atoms with Gasteiger partial charge in [-0.2, -0.15) is 0 Å². The highest BCUT2D eigenvalue weighted by atomic mass is 35.5. The summed E-state index contributed by atoms with van der Waals surface area (Å²) >= 11 is 0. The van der Waals surface area contributed by atoms with Crippen LogP contribution in [0.4, 0.5) is 0 Å². The van der Waals surface area contributed by atoms with Gasteiger partial charge in [0.05, 0.1) is 18.7 Å². The van der Waals surface area contributed by atoms with Crippen LogP contribution in [0.1, 0.15) is 24.2 Å². The lowest BCUT2D eigenvalue weighted by molar-refractivity contribution is 0.0862. The Morgan fingerprint density at radius 1 is 1.28 bits per heavy atom. The number of carbonyl (C=O) groups excluding carboxylic acids is 1. The van der Waals surface area contributed by atoms with E-state index in [0.717, 1.165) is 35.2 Å². The van der Waals surface area contributed by atoms with Gasteiger partial charge in [0.1, 0.15) is 5.75 Å². The van der Waals surface area contributed by atoms with E-state index >= 15 is 0 Å². The largest absolute Gasteiger partial charge is 0.497 e. The SMILES string of the molecule is COc1ccc2c(c1)c(CCN(C)C)cn2C(=O)[C@@H](N)C(C)C.Cl.Cl. The van der Waals surface area contributed by atoms with Crippen molar-refractivity contribution in [1.29, 1.82) is 0 Å². The summed E-state index contributed by atoms with van der Waals surface area (Å²) in [6.07, 6.45) is 2.80. The third-order valence-electron chi connectivity index (χ3n) is 4.16. The molecule has 142 valence electrons. The molecule has 2 aromatic rings. The maximum absolute atomic E-state index is 12.7. The molecule has 0 saturated carbocycles. The summed E-state index contributed by atoms with van der Waals surface area (Å²) in [5, 5.41) is 1.05. The van der Waals surface area contributed by atoms with Crippen molar-refractivity contribution in [2.75, 3.05) is 27.7 Å². The van der Waals surface area contributed by atoms with Crippen LogP contribution in [0.5, 0.6) is 5.75 Å². The highest BCUT2D eigenvalue weighted by molar-refractivity contribution is 5.97. The van der Waals surface area contributed by atoms with Crippen molar-refractivity contribution in [1.82, 2.24) is 9.47 Å². The lowest BCUT2D eigenvalue weighted by Crippen LogP contribution is -2.38. The van der Waals surface area contributed by atoms with Gasteiger partial charge in [0.25, 0.3) is 0 Å². The van der Waals surface area contributed by atoms with Crippen molar-refractivity contribution >= 4 is 41.6 Å². The monoisotopic (exact) mass is 389 g/mol. The summed E-state index contributed by atoms with van der Waals surface area (Å²) in [5.74, 6) is 0.830. The fourth-order valence-electron chi connectivity index (χ4n) is 2.58. The lowest BCUT2D eigenvalue weighted by atomic mass is 10.0. The highest BCUT2D eigenvalue weighted by Gasteiger charge is 2.22. The molecule has 0 saturated heterocycles. The van der Waals surface area contributed by atoms with E-state index in [1.165, 1.54) is 0 Å². The zero-order chi connectivity index (χ0) is 17.1. The van der Waals surface area contributed by atoms with Crippen LogP contribution in [0.15, 0.2) is 24.4 Å². The van der Waals surface area contributed by atoms with Crippen molar-refractivity contribution < 1.29 is 9.53 Å². The van der Waals surface area contributed by atoms with Gasteiger partial charge >= 0.3 is 0 Å². The third kappa shape index (κ3) is 5.35. The number of aromatic nitrogens is 1. The number of rotatable bonds is 6. The van der Waals surface area contributed by atoms with Crippen molar-refractivity contribution in [3.05, 3.63) is 30.0 Å². The summed E-state index contributed by atoms with van der Waals surface area (Å²) in [4.78, 5) is 14.8. The molecule has 1 aromatic heterocycles. The van der Waals surface area contributed by atoms with Gasteiger partial charge in [0.15, 0.2) is 0 Å². The Morgan fingerprint density at radius 3 is 2.44 bits per heavy atom. The van der Waals surface area contributed by atoms with E-state index in [-0.39, 0.29) is 36.6 Å². The molecule has 0 amide bonds. The summed E-state index contributed by atoms with van der Waals surface area (Å²) in [6.45, 7) is 4.84. The zero-order valence-corrected chi connectivity index (χ0v) is 17.1. The molecule has 0 aliphatic carbocycles. The Balaban J connectivity index is 0.00000288. The topological polar surface area (TPSA) is 60.5 Å². The smallest absolute Gasteiger partial charge is 0.248 e. The maximum Gasteiger partial charge on any atom is 0.248 e. The minimum absolute atomic E-state index is 0. The molecule has 7 heteroatoms. The number of fused-ring (bicyclic) bond motifs is 1. The van der Waals surface area contributed by atoms with Gasteiger partial charge in [-0.1, -0.05) is 13.8 Å².